The number of amides is 1. The van der Waals surface area contributed by atoms with Gasteiger partial charge in [-0.3, -0.25) is 9.59 Å². The van der Waals surface area contributed by atoms with Gasteiger partial charge in [0, 0.05) is 23.9 Å². The molecule has 0 bridgehead atoms. The molecule has 0 radical (unpaired) electrons. The molecule has 1 atom stereocenters. The Morgan fingerprint density at radius 3 is 2.18 bits per heavy atom. The largest absolute Gasteiger partial charge is 0.388 e. The summed E-state index contributed by atoms with van der Waals surface area (Å²) in [5, 5.41) is 15.4. The van der Waals surface area contributed by atoms with Gasteiger partial charge in [0.15, 0.2) is 0 Å². The minimum absolute atomic E-state index is 0.0353. The highest BCUT2D eigenvalue weighted by Crippen LogP contribution is 2.48. The van der Waals surface area contributed by atoms with E-state index in [0.717, 1.165) is 16.6 Å². The second kappa shape index (κ2) is 8.64. The molecule has 0 aliphatic heterocycles. The van der Waals surface area contributed by atoms with E-state index in [1.165, 1.54) is 34.6 Å². The standard InChI is InChI=1S/C29H25NO3/c1-18(31)17-27(32)20-12-9-19(10-13-20)11-16-28(33)30-26-15-14-24-22-6-3-2-5-21(22)23-7-4-8-25(26)29(23)24/h2-10,12-15,27,32H,11,16-17H2,1H3,(H,30,33). The third-order valence-corrected chi connectivity index (χ3v) is 6.31. The van der Waals surface area contributed by atoms with Gasteiger partial charge in [-0.05, 0) is 58.2 Å². The van der Waals surface area contributed by atoms with Crippen LogP contribution in [0.25, 0.3) is 33.0 Å². The molecule has 1 unspecified atom stereocenters. The molecule has 1 aliphatic carbocycles. The van der Waals surface area contributed by atoms with Crippen LogP contribution in [0, 0.1) is 0 Å². The molecule has 4 aromatic rings. The van der Waals surface area contributed by atoms with Gasteiger partial charge >= 0.3 is 0 Å². The molecule has 4 aromatic carbocycles. The van der Waals surface area contributed by atoms with Crippen molar-refractivity contribution in [3.63, 3.8) is 0 Å². The summed E-state index contributed by atoms with van der Waals surface area (Å²) in [6.45, 7) is 1.47. The smallest absolute Gasteiger partial charge is 0.224 e. The quantitative estimate of drug-likeness (QED) is 0.326. The Morgan fingerprint density at radius 1 is 0.818 bits per heavy atom. The number of hydrogen-bond donors (Lipinski definition) is 2. The van der Waals surface area contributed by atoms with Gasteiger partial charge in [0.25, 0.3) is 0 Å². The van der Waals surface area contributed by atoms with E-state index in [9.17, 15) is 14.7 Å². The van der Waals surface area contributed by atoms with Crippen molar-refractivity contribution in [3.05, 3.63) is 90.0 Å². The number of ketones is 1. The van der Waals surface area contributed by atoms with Gasteiger partial charge in [-0.2, -0.15) is 0 Å². The third-order valence-electron chi connectivity index (χ3n) is 6.31. The molecule has 164 valence electrons. The maximum Gasteiger partial charge on any atom is 0.224 e. The number of fused-ring (bicyclic) bond motifs is 3. The normalized spacial score (nSPS) is 12.4. The van der Waals surface area contributed by atoms with Gasteiger partial charge in [-0.15, -0.1) is 0 Å². The summed E-state index contributed by atoms with van der Waals surface area (Å²) in [4.78, 5) is 23.9. The predicted octanol–water partition coefficient (Wildman–Crippen LogP) is 6.07. The van der Waals surface area contributed by atoms with Crippen LogP contribution in [0.4, 0.5) is 5.69 Å². The first-order valence-electron chi connectivity index (χ1n) is 11.2. The van der Waals surface area contributed by atoms with Gasteiger partial charge in [0.05, 0.1) is 6.10 Å². The Hall–Kier alpha value is -3.76. The third kappa shape index (κ3) is 4.06. The van der Waals surface area contributed by atoms with E-state index in [4.69, 9.17) is 0 Å². The van der Waals surface area contributed by atoms with Crippen LogP contribution in [0.2, 0.25) is 0 Å². The molecule has 0 aromatic heterocycles. The molecule has 0 heterocycles. The fourth-order valence-electron chi connectivity index (χ4n) is 4.68. The lowest BCUT2D eigenvalue weighted by Crippen LogP contribution is -2.12. The number of anilines is 1. The van der Waals surface area contributed by atoms with Crippen LogP contribution in [0.15, 0.2) is 78.9 Å². The number of aliphatic hydroxyl groups excluding tert-OH is 1. The average molecular weight is 436 g/mol. The van der Waals surface area contributed by atoms with Crippen LogP contribution in [0.5, 0.6) is 0 Å². The number of benzene rings is 4. The van der Waals surface area contributed by atoms with E-state index < -0.39 is 6.10 Å². The number of carbonyl (C=O) groups excluding carboxylic acids is 2. The van der Waals surface area contributed by atoms with E-state index in [2.05, 4.69) is 47.8 Å². The molecule has 2 N–H and O–H groups in total. The highest BCUT2D eigenvalue weighted by Gasteiger charge is 2.22. The monoisotopic (exact) mass is 435 g/mol. The molecule has 4 heteroatoms. The Kier molecular flexibility index (Phi) is 5.53. The van der Waals surface area contributed by atoms with Crippen LogP contribution in [-0.4, -0.2) is 16.8 Å². The van der Waals surface area contributed by atoms with Crippen molar-refractivity contribution in [2.75, 3.05) is 5.32 Å². The van der Waals surface area contributed by atoms with E-state index >= 15 is 0 Å². The van der Waals surface area contributed by atoms with E-state index in [1.54, 1.807) is 0 Å². The molecular weight excluding hydrogens is 410 g/mol. The lowest BCUT2D eigenvalue weighted by Gasteiger charge is -2.12. The Morgan fingerprint density at radius 2 is 1.48 bits per heavy atom. The Bertz CT molecular complexity index is 1340. The van der Waals surface area contributed by atoms with E-state index in [1.807, 2.05) is 36.4 Å². The highest BCUT2D eigenvalue weighted by atomic mass is 16.3. The van der Waals surface area contributed by atoms with Crippen molar-refractivity contribution < 1.29 is 14.7 Å². The predicted molar refractivity (Wildman–Crippen MR) is 132 cm³/mol. The second-order valence-corrected chi connectivity index (χ2v) is 8.65. The molecule has 0 saturated heterocycles. The summed E-state index contributed by atoms with van der Waals surface area (Å²) in [7, 11) is 0. The van der Waals surface area contributed by atoms with Gasteiger partial charge < -0.3 is 10.4 Å². The van der Waals surface area contributed by atoms with Crippen LogP contribution in [0.3, 0.4) is 0 Å². The molecule has 1 amide bonds. The number of rotatable bonds is 7. The minimum atomic E-state index is -0.783. The Balaban J connectivity index is 1.29. The topological polar surface area (TPSA) is 66.4 Å². The maximum absolute atomic E-state index is 12.7. The SMILES string of the molecule is CC(=O)CC(O)c1ccc(CCC(=O)Nc2ccc3c4c(cccc24)-c2ccccc2-3)cc1. The van der Waals surface area contributed by atoms with Crippen LogP contribution in [-0.2, 0) is 16.0 Å². The van der Waals surface area contributed by atoms with E-state index in [-0.39, 0.29) is 18.1 Å². The molecule has 0 fully saturated rings. The van der Waals surface area contributed by atoms with Gasteiger partial charge in [-0.1, -0.05) is 72.8 Å². The minimum Gasteiger partial charge on any atom is -0.388 e. The van der Waals surface area contributed by atoms with Crippen LogP contribution >= 0.6 is 0 Å². The number of hydrogen-bond acceptors (Lipinski definition) is 3. The number of nitrogens with one attached hydrogen (secondary N) is 1. The fraction of sp³-hybridized carbons (Fsp3) is 0.172. The molecule has 33 heavy (non-hydrogen) atoms. The number of aliphatic hydroxyl groups is 1. The van der Waals surface area contributed by atoms with E-state index in [0.29, 0.717) is 18.4 Å². The summed E-state index contributed by atoms with van der Waals surface area (Å²) in [5.41, 5.74) is 7.45. The van der Waals surface area contributed by atoms with Crippen LogP contribution in [0.1, 0.15) is 37.0 Å². The first kappa shape index (κ1) is 21.1. The first-order chi connectivity index (χ1) is 16.0. The first-order valence-corrected chi connectivity index (χ1v) is 11.2. The molecular formula is C29H25NO3. The number of aryl methyl sites for hydroxylation is 1. The molecule has 0 saturated carbocycles. The summed E-state index contributed by atoms with van der Waals surface area (Å²) >= 11 is 0. The van der Waals surface area contributed by atoms with Crippen molar-refractivity contribution in [3.8, 4) is 22.3 Å². The van der Waals surface area contributed by atoms with Crippen molar-refractivity contribution in [2.24, 2.45) is 0 Å². The molecule has 0 spiro atoms. The van der Waals surface area contributed by atoms with Crippen molar-refractivity contribution in [1.29, 1.82) is 0 Å². The van der Waals surface area contributed by atoms with Gasteiger partial charge in [0.1, 0.15) is 5.78 Å². The zero-order valence-corrected chi connectivity index (χ0v) is 18.5. The summed E-state index contributed by atoms with van der Waals surface area (Å²) < 4.78 is 0. The molecule has 5 rings (SSSR count). The zero-order chi connectivity index (χ0) is 22.9. The van der Waals surface area contributed by atoms with Crippen LogP contribution < -0.4 is 5.32 Å². The molecule has 1 aliphatic rings. The van der Waals surface area contributed by atoms with Crippen molar-refractivity contribution in [1.82, 2.24) is 0 Å². The summed E-state index contributed by atoms with van der Waals surface area (Å²) in [5.74, 6) is -0.0814. The second-order valence-electron chi connectivity index (χ2n) is 8.65. The summed E-state index contributed by atoms with van der Waals surface area (Å²) in [6, 6.07) is 26.2. The Labute approximate surface area is 192 Å². The lowest BCUT2D eigenvalue weighted by molar-refractivity contribution is -0.119. The molecule has 4 nitrogen and oxygen atoms in total. The van der Waals surface area contributed by atoms with Crippen molar-refractivity contribution in [2.45, 2.75) is 32.3 Å². The maximum atomic E-state index is 12.7. The van der Waals surface area contributed by atoms with Crippen molar-refractivity contribution >= 4 is 28.2 Å². The lowest BCUT2D eigenvalue weighted by atomic mass is 10.0. The average Bonchev–Trinajstić information content (AvgIpc) is 3.15. The number of Topliss-reactive ketones (excluding diaryl/α,β-unsaturated/α-hetero) is 1. The summed E-state index contributed by atoms with van der Waals surface area (Å²) in [6.07, 6.45) is 0.288. The zero-order valence-electron chi connectivity index (χ0n) is 18.5. The number of carbonyl (C=O) groups is 2. The van der Waals surface area contributed by atoms with Gasteiger partial charge in [-0.25, -0.2) is 0 Å². The highest BCUT2D eigenvalue weighted by molar-refractivity contribution is 6.19. The van der Waals surface area contributed by atoms with Gasteiger partial charge in [0.2, 0.25) is 5.91 Å². The fourth-order valence-corrected chi connectivity index (χ4v) is 4.68.